The number of anilines is 1. The SMILES string of the molecule is COc1ccc(/C=N/NC(=O)CNc2c(Br)cc(C)cc2Br)cc1OC. The summed E-state index contributed by atoms with van der Waals surface area (Å²) in [4.78, 5) is 12.0. The van der Waals surface area contributed by atoms with Gasteiger partial charge in [-0.3, -0.25) is 4.79 Å². The van der Waals surface area contributed by atoms with Crippen LogP contribution in [-0.4, -0.2) is 32.9 Å². The molecule has 0 saturated heterocycles. The van der Waals surface area contributed by atoms with Crippen LogP contribution in [0.1, 0.15) is 11.1 Å². The molecule has 0 atom stereocenters. The summed E-state index contributed by atoms with van der Waals surface area (Å²) in [6.07, 6.45) is 1.54. The number of carbonyl (C=O) groups is 1. The lowest BCUT2D eigenvalue weighted by Crippen LogP contribution is -2.26. The molecule has 2 rings (SSSR count). The maximum Gasteiger partial charge on any atom is 0.259 e. The molecule has 0 fully saturated rings. The molecule has 0 heterocycles. The van der Waals surface area contributed by atoms with E-state index in [0.717, 1.165) is 25.8 Å². The van der Waals surface area contributed by atoms with Gasteiger partial charge in [0.1, 0.15) is 0 Å². The maximum atomic E-state index is 12.0. The number of methoxy groups -OCH3 is 2. The van der Waals surface area contributed by atoms with E-state index in [9.17, 15) is 4.79 Å². The van der Waals surface area contributed by atoms with Crippen LogP contribution in [0.15, 0.2) is 44.4 Å². The van der Waals surface area contributed by atoms with Gasteiger partial charge in [0.2, 0.25) is 0 Å². The smallest absolute Gasteiger partial charge is 0.259 e. The number of aryl methyl sites for hydroxylation is 1. The van der Waals surface area contributed by atoms with Crippen molar-refractivity contribution < 1.29 is 14.3 Å². The van der Waals surface area contributed by atoms with E-state index >= 15 is 0 Å². The quantitative estimate of drug-likeness (QED) is 0.458. The van der Waals surface area contributed by atoms with Crippen LogP contribution in [0.2, 0.25) is 0 Å². The Morgan fingerprint density at radius 2 is 1.77 bits per heavy atom. The highest BCUT2D eigenvalue weighted by molar-refractivity contribution is 9.11. The summed E-state index contributed by atoms with van der Waals surface area (Å²) >= 11 is 6.96. The van der Waals surface area contributed by atoms with Crippen LogP contribution < -0.4 is 20.2 Å². The Labute approximate surface area is 169 Å². The van der Waals surface area contributed by atoms with Gasteiger partial charge in [-0.25, -0.2) is 5.43 Å². The molecule has 0 saturated carbocycles. The molecular weight excluding hydrogens is 466 g/mol. The van der Waals surface area contributed by atoms with Gasteiger partial charge in [0.25, 0.3) is 5.91 Å². The van der Waals surface area contributed by atoms with Crippen LogP contribution in [0.5, 0.6) is 11.5 Å². The molecule has 26 heavy (non-hydrogen) atoms. The third kappa shape index (κ3) is 5.47. The minimum absolute atomic E-state index is 0.0868. The number of hydrazone groups is 1. The molecule has 0 aromatic heterocycles. The molecule has 8 heteroatoms. The number of halogens is 2. The molecule has 138 valence electrons. The van der Waals surface area contributed by atoms with Gasteiger partial charge in [0.05, 0.1) is 32.7 Å². The predicted molar refractivity (Wildman–Crippen MR) is 110 cm³/mol. The first-order chi connectivity index (χ1) is 12.4. The summed E-state index contributed by atoms with van der Waals surface area (Å²) in [7, 11) is 3.14. The Balaban J connectivity index is 1.92. The molecule has 0 radical (unpaired) electrons. The lowest BCUT2D eigenvalue weighted by molar-refractivity contribution is -0.119. The molecule has 2 aromatic carbocycles. The average molecular weight is 485 g/mol. The summed E-state index contributed by atoms with van der Waals surface area (Å²) in [5, 5.41) is 7.03. The second kappa shape index (κ2) is 9.59. The van der Waals surface area contributed by atoms with Crippen LogP contribution in [0.25, 0.3) is 0 Å². The first-order valence-corrected chi connectivity index (χ1v) is 9.26. The molecule has 0 aliphatic carbocycles. The highest BCUT2D eigenvalue weighted by Crippen LogP contribution is 2.32. The van der Waals surface area contributed by atoms with Crippen LogP contribution in [-0.2, 0) is 4.79 Å². The number of carbonyl (C=O) groups excluding carboxylic acids is 1. The van der Waals surface area contributed by atoms with Gasteiger partial charge in [-0.05, 0) is 80.2 Å². The van der Waals surface area contributed by atoms with Crippen LogP contribution in [0, 0.1) is 6.92 Å². The summed E-state index contributed by atoms with van der Waals surface area (Å²) in [6.45, 7) is 2.08. The third-order valence-electron chi connectivity index (χ3n) is 3.42. The summed E-state index contributed by atoms with van der Waals surface area (Å²) < 4.78 is 12.2. The Kier molecular flexibility index (Phi) is 7.47. The average Bonchev–Trinajstić information content (AvgIpc) is 2.60. The van der Waals surface area contributed by atoms with Crippen molar-refractivity contribution in [3.63, 3.8) is 0 Å². The van der Waals surface area contributed by atoms with Crippen molar-refractivity contribution in [1.29, 1.82) is 0 Å². The van der Waals surface area contributed by atoms with Crippen LogP contribution >= 0.6 is 31.9 Å². The molecule has 0 spiro atoms. The maximum absolute atomic E-state index is 12.0. The Morgan fingerprint density at radius 3 is 2.38 bits per heavy atom. The molecular formula is C18H19Br2N3O3. The van der Waals surface area contributed by atoms with Gasteiger partial charge in [-0.1, -0.05) is 0 Å². The second-order valence-corrected chi connectivity index (χ2v) is 7.07. The van der Waals surface area contributed by atoms with Gasteiger partial charge in [0, 0.05) is 8.95 Å². The minimum atomic E-state index is -0.263. The molecule has 0 unspecified atom stereocenters. The minimum Gasteiger partial charge on any atom is -0.493 e. The zero-order valence-electron chi connectivity index (χ0n) is 14.6. The number of hydrogen-bond acceptors (Lipinski definition) is 5. The van der Waals surface area contributed by atoms with E-state index in [4.69, 9.17) is 9.47 Å². The molecule has 6 nitrogen and oxygen atoms in total. The highest BCUT2D eigenvalue weighted by Gasteiger charge is 2.08. The Morgan fingerprint density at radius 1 is 1.12 bits per heavy atom. The van der Waals surface area contributed by atoms with Gasteiger partial charge in [-0.2, -0.15) is 5.10 Å². The lowest BCUT2D eigenvalue weighted by Gasteiger charge is -2.11. The zero-order valence-corrected chi connectivity index (χ0v) is 17.8. The van der Waals surface area contributed by atoms with Crippen LogP contribution in [0.4, 0.5) is 5.69 Å². The number of benzene rings is 2. The van der Waals surface area contributed by atoms with Gasteiger partial charge in [0.15, 0.2) is 11.5 Å². The second-order valence-electron chi connectivity index (χ2n) is 5.36. The largest absolute Gasteiger partial charge is 0.493 e. The molecule has 0 aliphatic rings. The number of hydrogen-bond donors (Lipinski definition) is 2. The van der Waals surface area contributed by atoms with Gasteiger partial charge in [-0.15, -0.1) is 0 Å². The zero-order chi connectivity index (χ0) is 19.1. The van der Waals surface area contributed by atoms with E-state index in [-0.39, 0.29) is 12.5 Å². The lowest BCUT2D eigenvalue weighted by atomic mass is 10.2. The van der Waals surface area contributed by atoms with E-state index in [0.29, 0.717) is 11.5 Å². The van der Waals surface area contributed by atoms with E-state index in [1.54, 1.807) is 26.4 Å². The normalized spacial score (nSPS) is 10.7. The van der Waals surface area contributed by atoms with Crippen molar-refractivity contribution in [2.45, 2.75) is 6.92 Å². The van der Waals surface area contributed by atoms with Crippen molar-refractivity contribution in [1.82, 2.24) is 5.43 Å². The fourth-order valence-corrected chi connectivity index (χ4v) is 3.88. The fourth-order valence-electron chi connectivity index (χ4n) is 2.19. The standard InChI is InChI=1S/C18H19Br2N3O3/c1-11-6-13(19)18(14(20)7-11)21-10-17(24)23-22-9-12-4-5-15(25-2)16(8-12)26-3/h4-9,21H,10H2,1-3H3,(H,23,24)/b22-9+. The Hall–Kier alpha value is -2.06. The van der Waals surface area contributed by atoms with E-state index in [2.05, 4.69) is 47.7 Å². The Bertz CT molecular complexity index is 802. The fraction of sp³-hybridized carbons (Fsp3) is 0.222. The van der Waals surface area contributed by atoms with Gasteiger partial charge < -0.3 is 14.8 Å². The van der Waals surface area contributed by atoms with Crippen molar-refractivity contribution in [2.24, 2.45) is 5.10 Å². The number of amides is 1. The predicted octanol–water partition coefficient (Wildman–Crippen LogP) is 4.10. The number of nitrogens with zero attached hydrogens (tertiary/aromatic N) is 1. The number of rotatable bonds is 7. The van der Waals surface area contributed by atoms with Crippen molar-refractivity contribution in [3.8, 4) is 11.5 Å². The molecule has 0 bridgehead atoms. The summed E-state index contributed by atoms with van der Waals surface area (Å²) in [5.41, 5.74) is 5.18. The number of nitrogens with one attached hydrogen (secondary N) is 2. The molecule has 0 aliphatic heterocycles. The summed E-state index contributed by atoms with van der Waals surface area (Å²) in [6, 6.07) is 9.31. The van der Waals surface area contributed by atoms with Crippen molar-refractivity contribution >= 4 is 49.7 Å². The van der Waals surface area contributed by atoms with Crippen LogP contribution in [0.3, 0.4) is 0 Å². The van der Waals surface area contributed by atoms with Crippen molar-refractivity contribution in [2.75, 3.05) is 26.1 Å². The van der Waals surface area contributed by atoms with E-state index in [1.807, 2.05) is 25.1 Å². The summed E-state index contributed by atoms with van der Waals surface area (Å²) in [5.74, 6) is 0.965. The van der Waals surface area contributed by atoms with Gasteiger partial charge >= 0.3 is 0 Å². The number of ether oxygens (including phenoxy) is 2. The van der Waals surface area contributed by atoms with E-state index < -0.39 is 0 Å². The molecule has 1 amide bonds. The topological polar surface area (TPSA) is 72.0 Å². The van der Waals surface area contributed by atoms with Crippen molar-refractivity contribution in [3.05, 3.63) is 50.4 Å². The monoisotopic (exact) mass is 483 g/mol. The third-order valence-corrected chi connectivity index (χ3v) is 4.67. The molecule has 2 aromatic rings. The first-order valence-electron chi connectivity index (χ1n) is 7.68. The molecule has 2 N–H and O–H groups in total. The highest BCUT2D eigenvalue weighted by atomic mass is 79.9. The van der Waals surface area contributed by atoms with E-state index in [1.165, 1.54) is 6.21 Å². The first kappa shape index (κ1) is 20.3.